The molecule has 0 amide bonds. The summed E-state index contributed by atoms with van der Waals surface area (Å²) in [5, 5.41) is 9.67. The molecule has 0 aliphatic carbocycles. The van der Waals surface area contributed by atoms with Gasteiger partial charge in [-0.05, 0) is 120 Å². The highest BCUT2D eigenvalue weighted by Gasteiger charge is 2.41. The summed E-state index contributed by atoms with van der Waals surface area (Å²) in [6.45, 7) is -0.189. The van der Waals surface area contributed by atoms with E-state index in [4.69, 9.17) is 9.47 Å². The van der Waals surface area contributed by atoms with E-state index in [0.717, 1.165) is 112 Å². The van der Waals surface area contributed by atoms with E-state index in [1.807, 2.05) is 0 Å². The normalized spacial score (nSPS) is 12.6. The average Bonchev–Trinajstić information content (AvgIpc) is 1.25. The van der Waals surface area contributed by atoms with Crippen LogP contribution in [0.4, 0.5) is 17.1 Å². The predicted octanol–water partition coefficient (Wildman–Crippen LogP) is 18.3. The van der Waals surface area contributed by atoms with Crippen LogP contribution in [0.5, 0.6) is 23.0 Å². The number of para-hydroxylation sites is 8. The van der Waals surface area contributed by atoms with Gasteiger partial charge < -0.3 is 32.6 Å². The van der Waals surface area contributed by atoms with Gasteiger partial charge in [0.05, 0.1) is 49.8 Å². The topological polar surface area (TPSA) is 41.4 Å². The number of hydrogen-bond acceptors (Lipinski definition) is 3. The van der Waals surface area contributed by atoms with Crippen molar-refractivity contribution < 1.29 is 9.47 Å². The Hall–Kier alpha value is -11.5. The lowest BCUT2D eigenvalue weighted by atomic mass is 9.35. The van der Waals surface area contributed by atoms with Gasteiger partial charge in [-0.2, -0.15) is 0 Å². The van der Waals surface area contributed by atoms with E-state index in [1.54, 1.807) is 0 Å². The smallest absolute Gasteiger partial charge is 0.260 e. The maximum atomic E-state index is 7.41. The zero-order chi connectivity index (χ0) is 56.1. The van der Waals surface area contributed by atoms with Crippen LogP contribution in [0.25, 0.3) is 110 Å². The Morgan fingerprint density at radius 1 is 0.233 bits per heavy atom. The monoisotopic (exact) mass is 1100 g/mol. The number of rotatable bonds is 7. The molecule has 0 atom stereocenters. The molecule has 0 unspecified atom stereocenters. The fourth-order valence-corrected chi connectivity index (χ4v) is 14.6. The van der Waals surface area contributed by atoms with E-state index in [2.05, 4.69) is 314 Å². The number of aromatic nitrogens is 4. The van der Waals surface area contributed by atoms with Crippen LogP contribution in [0.1, 0.15) is 0 Å². The van der Waals surface area contributed by atoms with Crippen molar-refractivity contribution in [3.05, 3.63) is 291 Å². The Labute approximate surface area is 494 Å². The maximum Gasteiger partial charge on any atom is 0.260 e. The van der Waals surface area contributed by atoms with Crippen LogP contribution in [0.15, 0.2) is 291 Å². The number of hydrogen-bond donors (Lipinski definition) is 0. The minimum Gasteiger partial charge on any atom is -0.458 e. The van der Waals surface area contributed by atoms with E-state index >= 15 is 0 Å². The lowest BCUT2D eigenvalue weighted by Gasteiger charge is -2.35. The third-order valence-electron chi connectivity index (χ3n) is 18.2. The molecule has 0 saturated heterocycles. The van der Waals surface area contributed by atoms with Gasteiger partial charge in [0.2, 0.25) is 0 Å². The van der Waals surface area contributed by atoms with Gasteiger partial charge in [0.15, 0.2) is 0 Å². The summed E-state index contributed by atoms with van der Waals surface area (Å²) in [6, 6.07) is 105. The summed E-state index contributed by atoms with van der Waals surface area (Å²) in [6.07, 6.45) is 0. The number of ether oxygens (including phenoxy) is 2. The van der Waals surface area contributed by atoms with Gasteiger partial charge in [0.25, 0.3) is 6.71 Å². The van der Waals surface area contributed by atoms with Crippen molar-refractivity contribution in [1.82, 2.24) is 18.3 Å². The van der Waals surface area contributed by atoms with Gasteiger partial charge in [-0.3, -0.25) is 0 Å². The van der Waals surface area contributed by atoms with Crippen molar-refractivity contribution >= 4 is 127 Å². The molecule has 4 aromatic heterocycles. The van der Waals surface area contributed by atoms with Crippen molar-refractivity contribution in [2.45, 2.75) is 0 Å². The first-order valence-electron chi connectivity index (χ1n) is 29.4. The van der Waals surface area contributed by atoms with Crippen LogP contribution in [0.2, 0.25) is 0 Å². The van der Waals surface area contributed by atoms with Crippen LogP contribution in [-0.4, -0.2) is 25.0 Å². The van der Waals surface area contributed by atoms with E-state index < -0.39 is 0 Å². The Morgan fingerprint density at radius 3 is 0.872 bits per heavy atom. The van der Waals surface area contributed by atoms with E-state index in [0.29, 0.717) is 0 Å². The quantitative estimate of drug-likeness (QED) is 0.149. The molecular formula is C78H48BN5O2. The van der Waals surface area contributed by atoms with E-state index in [-0.39, 0.29) is 6.71 Å². The molecule has 0 N–H and O–H groups in total. The Balaban J connectivity index is 0.831. The summed E-state index contributed by atoms with van der Waals surface area (Å²) < 4.78 is 24.3. The van der Waals surface area contributed by atoms with Gasteiger partial charge >= 0.3 is 0 Å². The standard InChI is InChI=1S/C78H48BN5O2/c1-3-19-49(20-4-1)80(50-21-5-2-6-22-50)55-47-76-78-77(48-55)86-75-46-54(36-40-65(75)79(78)64-39-35-53(45-74(64)85-76)83-70-33-17-11-27-60(70)61-28-12-18-34-71(61)83)84-72-41-37-51(81-66-29-13-7-23-56(66)57-24-8-14-30-67(57)81)43-62(72)63-44-52(38-42-73(63)84)82-68-31-15-9-25-58(68)59-26-10-16-32-69(59)82/h1-48H. The molecule has 2 aliphatic rings. The van der Waals surface area contributed by atoms with Crippen LogP contribution < -0.4 is 30.8 Å². The molecule has 0 saturated carbocycles. The zero-order valence-corrected chi connectivity index (χ0v) is 46.3. The number of nitrogens with zero attached hydrogens (tertiary/aromatic N) is 5. The minimum atomic E-state index is -0.189. The molecule has 7 nitrogen and oxygen atoms in total. The molecule has 86 heavy (non-hydrogen) atoms. The van der Waals surface area contributed by atoms with Gasteiger partial charge in [-0.25, -0.2) is 0 Å². The Bertz CT molecular complexity index is 5330. The van der Waals surface area contributed by atoms with Crippen LogP contribution in [0.3, 0.4) is 0 Å². The first-order valence-corrected chi connectivity index (χ1v) is 29.4. The second kappa shape index (κ2) is 18.0. The highest BCUT2D eigenvalue weighted by Crippen LogP contribution is 2.46. The fraction of sp³-hybridized carbons (Fsp3) is 0. The molecule has 0 bridgehead atoms. The van der Waals surface area contributed by atoms with Gasteiger partial charge in [-0.1, -0.05) is 158 Å². The minimum absolute atomic E-state index is 0.189. The summed E-state index contributed by atoms with van der Waals surface area (Å²) >= 11 is 0. The molecule has 19 rings (SSSR count). The molecule has 8 heteroatoms. The fourth-order valence-electron chi connectivity index (χ4n) is 14.6. The number of fused-ring (bicyclic) bond motifs is 16. The van der Waals surface area contributed by atoms with Crippen LogP contribution >= 0.6 is 0 Å². The highest BCUT2D eigenvalue weighted by atomic mass is 16.5. The third-order valence-corrected chi connectivity index (χ3v) is 18.2. The van der Waals surface area contributed by atoms with Crippen molar-refractivity contribution in [3.8, 4) is 45.7 Å². The largest absolute Gasteiger partial charge is 0.458 e. The first kappa shape index (κ1) is 47.1. The lowest BCUT2D eigenvalue weighted by molar-refractivity contribution is 0.464. The molecule has 0 radical (unpaired) electrons. The van der Waals surface area contributed by atoms with Crippen LogP contribution in [-0.2, 0) is 0 Å². The Kier molecular flexibility index (Phi) is 9.86. The summed E-state index contributed by atoms with van der Waals surface area (Å²) in [5.74, 6) is 3.14. The first-order chi connectivity index (χ1) is 42.7. The molecule has 17 aromatic rings. The summed E-state index contributed by atoms with van der Waals surface area (Å²) in [5.41, 5.74) is 19.6. The molecule has 0 fully saturated rings. The SMILES string of the molecule is c1ccc(N(c2ccccc2)c2cc3c4c(c2)Oc2cc(-n5c6ccc(-n7c8ccccc8c8ccccc87)cc6c6cc(-n7c8ccccc8c8ccccc87)ccc65)ccc2B4c2ccc(-n4c5ccccc5c5ccccc54)cc2O3)cc1. The Morgan fingerprint density at radius 2 is 0.523 bits per heavy atom. The van der Waals surface area contributed by atoms with Gasteiger partial charge in [0, 0.05) is 107 Å². The molecule has 400 valence electrons. The summed E-state index contributed by atoms with van der Waals surface area (Å²) in [4.78, 5) is 2.29. The van der Waals surface area contributed by atoms with Crippen molar-refractivity contribution in [2.24, 2.45) is 0 Å². The number of anilines is 3. The lowest BCUT2D eigenvalue weighted by Crippen LogP contribution is -2.57. The number of benzene rings is 13. The molecule has 2 aliphatic heterocycles. The van der Waals surface area contributed by atoms with Crippen molar-refractivity contribution in [3.63, 3.8) is 0 Å². The van der Waals surface area contributed by atoms with Gasteiger partial charge in [-0.15, -0.1) is 0 Å². The molecule has 13 aromatic carbocycles. The zero-order valence-electron chi connectivity index (χ0n) is 46.3. The summed E-state index contributed by atoms with van der Waals surface area (Å²) in [7, 11) is 0. The third kappa shape index (κ3) is 6.75. The predicted molar refractivity (Wildman–Crippen MR) is 356 cm³/mol. The highest BCUT2D eigenvalue weighted by molar-refractivity contribution is 6.98. The molecule has 0 spiro atoms. The van der Waals surface area contributed by atoms with Gasteiger partial charge in [0.1, 0.15) is 23.0 Å². The van der Waals surface area contributed by atoms with E-state index in [1.165, 1.54) is 54.4 Å². The van der Waals surface area contributed by atoms with Crippen molar-refractivity contribution in [2.75, 3.05) is 4.90 Å². The second-order valence-electron chi connectivity index (χ2n) is 22.8. The molecule has 6 heterocycles. The van der Waals surface area contributed by atoms with Crippen molar-refractivity contribution in [1.29, 1.82) is 0 Å². The maximum absolute atomic E-state index is 7.41. The van der Waals surface area contributed by atoms with Crippen LogP contribution in [0, 0.1) is 0 Å². The molecular weight excluding hydrogens is 1050 g/mol. The average molecular weight is 1100 g/mol. The van der Waals surface area contributed by atoms with E-state index in [9.17, 15) is 0 Å². The second-order valence-corrected chi connectivity index (χ2v) is 22.8.